The van der Waals surface area contributed by atoms with Gasteiger partial charge in [0.2, 0.25) is 5.91 Å². The summed E-state index contributed by atoms with van der Waals surface area (Å²) in [6.07, 6.45) is 0. The van der Waals surface area contributed by atoms with Crippen LogP contribution in [0, 0.1) is 11.7 Å². The minimum Gasteiger partial charge on any atom is -0.337 e. The monoisotopic (exact) mass is 423 g/mol. The second-order valence-corrected chi connectivity index (χ2v) is 8.15. The number of likely N-dealkylation sites (N-methyl/N-ethyl adjacent to an activating group) is 1. The highest BCUT2D eigenvalue weighted by molar-refractivity contribution is 7.71. The first-order valence-corrected chi connectivity index (χ1v) is 10.5. The second-order valence-electron chi connectivity index (χ2n) is 7.77. The highest BCUT2D eigenvalue weighted by atomic mass is 32.1. The zero-order valence-electron chi connectivity index (χ0n) is 18.1. The molecule has 0 fully saturated rings. The Morgan fingerprint density at radius 3 is 2.20 bits per heavy atom. The van der Waals surface area contributed by atoms with Crippen LogP contribution in [0.1, 0.15) is 23.6 Å². The molecule has 7 heteroatoms. The molecular formula is C23H29N5OS. The summed E-state index contributed by atoms with van der Waals surface area (Å²) in [5.41, 5.74) is 4.47. The van der Waals surface area contributed by atoms with E-state index in [1.807, 2.05) is 43.0 Å². The van der Waals surface area contributed by atoms with Gasteiger partial charge < -0.3 is 9.80 Å². The molecule has 0 aliphatic carbocycles. The molecule has 0 aliphatic rings. The smallest absolute Gasteiger partial charge is 0.242 e. The lowest BCUT2D eigenvalue weighted by atomic mass is 10.1. The van der Waals surface area contributed by atoms with Crippen LogP contribution in [0.4, 0.5) is 0 Å². The molecule has 0 saturated carbocycles. The summed E-state index contributed by atoms with van der Waals surface area (Å²) < 4.78 is 2.22. The van der Waals surface area contributed by atoms with Crippen molar-refractivity contribution >= 4 is 18.1 Å². The van der Waals surface area contributed by atoms with Crippen molar-refractivity contribution in [1.29, 1.82) is 0 Å². The number of nitrogens with one attached hydrogen (secondary N) is 1. The van der Waals surface area contributed by atoms with Gasteiger partial charge in [-0.25, -0.2) is 0 Å². The third-order valence-corrected chi connectivity index (χ3v) is 5.30. The zero-order valence-corrected chi connectivity index (χ0v) is 18.9. The molecule has 2 aromatic carbocycles. The molecule has 0 atom stereocenters. The first-order chi connectivity index (χ1) is 14.4. The summed E-state index contributed by atoms with van der Waals surface area (Å²) in [6, 6.07) is 16.5. The Labute approximate surface area is 183 Å². The van der Waals surface area contributed by atoms with Crippen molar-refractivity contribution in [3.05, 3.63) is 70.0 Å². The molecule has 3 rings (SSSR count). The summed E-state index contributed by atoms with van der Waals surface area (Å²) >= 11 is 5.39. The average Bonchev–Trinajstić information content (AvgIpc) is 3.07. The number of carbonyl (C=O) groups excluding carboxylic acids is 1. The van der Waals surface area contributed by atoms with Gasteiger partial charge in [0.25, 0.3) is 0 Å². The standard InChI is InChI=1S/C23H29N5OS/c1-5-27(15-19-10-8-18(9-11-19)14-26(3)4)21(29)16-28-22(24-25-23(28)30)20-12-6-17(2)7-13-20/h6-13H,5,14-16H2,1-4H3,(H,25,30). The van der Waals surface area contributed by atoms with E-state index in [0.29, 0.717) is 23.7 Å². The van der Waals surface area contributed by atoms with Gasteiger partial charge in [0.1, 0.15) is 6.54 Å². The van der Waals surface area contributed by atoms with Crippen LogP contribution >= 0.6 is 12.2 Å². The Hall–Kier alpha value is -2.77. The number of aryl methyl sites for hydroxylation is 1. The predicted molar refractivity (Wildman–Crippen MR) is 123 cm³/mol. The number of benzene rings is 2. The minimum absolute atomic E-state index is 0.0146. The van der Waals surface area contributed by atoms with E-state index in [1.165, 1.54) is 11.1 Å². The van der Waals surface area contributed by atoms with Crippen molar-refractivity contribution in [1.82, 2.24) is 24.6 Å². The van der Waals surface area contributed by atoms with E-state index < -0.39 is 0 Å². The van der Waals surface area contributed by atoms with E-state index >= 15 is 0 Å². The van der Waals surface area contributed by atoms with Crippen molar-refractivity contribution < 1.29 is 4.79 Å². The van der Waals surface area contributed by atoms with Gasteiger partial charge in [0.05, 0.1) is 0 Å². The number of carbonyl (C=O) groups is 1. The zero-order chi connectivity index (χ0) is 21.7. The van der Waals surface area contributed by atoms with Crippen molar-refractivity contribution in [2.24, 2.45) is 0 Å². The number of amides is 1. The highest BCUT2D eigenvalue weighted by Crippen LogP contribution is 2.18. The average molecular weight is 424 g/mol. The fourth-order valence-corrected chi connectivity index (χ4v) is 3.53. The van der Waals surface area contributed by atoms with E-state index in [9.17, 15) is 4.79 Å². The van der Waals surface area contributed by atoms with Gasteiger partial charge in [-0.05, 0) is 51.3 Å². The van der Waals surface area contributed by atoms with Gasteiger partial charge >= 0.3 is 0 Å². The number of aromatic amines is 1. The van der Waals surface area contributed by atoms with Gasteiger partial charge in [-0.15, -0.1) is 0 Å². The first-order valence-electron chi connectivity index (χ1n) is 10.1. The minimum atomic E-state index is 0.0146. The molecule has 0 saturated heterocycles. The Balaban J connectivity index is 1.74. The van der Waals surface area contributed by atoms with E-state index in [2.05, 4.69) is 53.5 Å². The normalized spacial score (nSPS) is 11.1. The predicted octanol–water partition coefficient (Wildman–Crippen LogP) is 4.03. The van der Waals surface area contributed by atoms with Gasteiger partial charge in [0, 0.05) is 25.2 Å². The summed E-state index contributed by atoms with van der Waals surface area (Å²) in [5, 5.41) is 7.17. The molecular weight excluding hydrogens is 394 g/mol. The molecule has 30 heavy (non-hydrogen) atoms. The fourth-order valence-electron chi connectivity index (χ4n) is 3.33. The van der Waals surface area contributed by atoms with Crippen molar-refractivity contribution in [2.45, 2.75) is 33.5 Å². The maximum Gasteiger partial charge on any atom is 0.242 e. The quantitative estimate of drug-likeness (QED) is 0.556. The highest BCUT2D eigenvalue weighted by Gasteiger charge is 2.17. The third-order valence-electron chi connectivity index (χ3n) is 4.99. The number of hydrogen-bond donors (Lipinski definition) is 1. The fraction of sp³-hybridized carbons (Fsp3) is 0.348. The largest absolute Gasteiger partial charge is 0.337 e. The van der Waals surface area contributed by atoms with Crippen LogP contribution in [-0.4, -0.2) is 51.1 Å². The molecule has 1 N–H and O–H groups in total. The number of aromatic nitrogens is 3. The van der Waals surface area contributed by atoms with Crippen molar-refractivity contribution in [3.63, 3.8) is 0 Å². The maximum absolute atomic E-state index is 13.1. The molecule has 0 unspecified atom stereocenters. The van der Waals surface area contributed by atoms with Crippen molar-refractivity contribution in [3.8, 4) is 11.4 Å². The van der Waals surface area contributed by atoms with Crippen LogP contribution in [0.3, 0.4) is 0 Å². The molecule has 1 amide bonds. The van der Waals surface area contributed by atoms with Gasteiger partial charge in [0.15, 0.2) is 10.6 Å². The summed E-state index contributed by atoms with van der Waals surface area (Å²) in [6.45, 7) is 6.29. The first kappa shape index (κ1) is 21.9. The number of hydrogen-bond acceptors (Lipinski definition) is 4. The molecule has 1 aromatic heterocycles. The summed E-state index contributed by atoms with van der Waals surface area (Å²) in [7, 11) is 4.11. The number of H-pyrrole nitrogens is 1. The summed E-state index contributed by atoms with van der Waals surface area (Å²) in [5.74, 6) is 0.693. The topological polar surface area (TPSA) is 57.2 Å². The molecule has 1 heterocycles. The van der Waals surface area contributed by atoms with Gasteiger partial charge in [-0.3, -0.25) is 14.5 Å². The van der Waals surface area contributed by atoms with E-state index in [4.69, 9.17) is 12.2 Å². The molecule has 6 nitrogen and oxygen atoms in total. The van der Waals surface area contributed by atoms with Crippen LogP contribution in [-0.2, 0) is 24.4 Å². The molecule has 3 aromatic rings. The lowest BCUT2D eigenvalue weighted by molar-refractivity contribution is -0.132. The van der Waals surface area contributed by atoms with Crippen molar-refractivity contribution in [2.75, 3.05) is 20.6 Å². The van der Waals surface area contributed by atoms with E-state index in [0.717, 1.165) is 17.7 Å². The SMILES string of the molecule is CCN(Cc1ccc(CN(C)C)cc1)C(=O)Cn1c(-c2ccc(C)cc2)n[nH]c1=S. The van der Waals surface area contributed by atoms with Crippen LogP contribution in [0.15, 0.2) is 48.5 Å². The Morgan fingerprint density at radius 1 is 1.03 bits per heavy atom. The Bertz CT molecular complexity index is 1030. The maximum atomic E-state index is 13.1. The summed E-state index contributed by atoms with van der Waals surface area (Å²) in [4.78, 5) is 17.0. The third kappa shape index (κ3) is 5.43. The van der Waals surface area contributed by atoms with E-state index in [-0.39, 0.29) is 12.5 Å². The molecule has 0 spiro atoms. The lowest BCUT2D eigenvalue weighted by Crippen LogP contribution is -2.33. The Kier molecular flexibility index (Phi) is 7.18. The second kappa shape index (κ2) is 9.82. The van der Waals surface area contributed by atoms with Gasteiger partial charge in [-0.1, -0.05) is 54.1 Å². The Morgan fingerprint density at radius 2 is 1.63 bits per heavy atom. The lowest BCUT2D eigenvalue weighted by Gasteiger charge is -2.22. The number of rotatable bonds is 8. The molecule has 0 bridgehead atoms. The number of nitrogens with zero attached hydrogens (tertiary/aromatic N) is 4. The molecule has 158 valence electrons. The van der Waals surface area contributed by atoms with Gasteiger partial charge in [-0.2, -0.15) is 5.10 Å². The van der Waals surface area contributed by atoms with Crippen LogP contribution in [0.2, 0.25) is 0 Å². The van der Waals surface area contributed by atoms with Crippen LogP contribution in [0.25, 0.3) is 11.4 Å². The molecule has 0 radical (unpaired) electrons. The van der Waals surface area contributed by atoms with Crippen LogP contribution < -0.4 is 0 Å². The van der Waals surface area contributed by atoms with E-state index in [1.54, 1.807) is 4.57 Å². The molecule has 0 aliphatic heterocycles. The van der Waals surface area contributed by atoms with Crippen LogP contribution in [0.5, 0.6) is 0 Å².